The summed E-state index contributed by atoms with van der Waals surface area (Å²) in [6, 6.07) is 15.6. The zero-order valence-electron chi connectivity index (χ0n) is 17.8. The molecule has 7 heteroatoms. The lowest BCUT2D eigenvalue weighted by molar-refractivity contribution is -0.131. The van der Waals surface area contributed by atoms with Crippen LogP contribution in [0.2, 0.25) is 0 Å². The second kappa shape index (κ2) is 9.04. The molecule has 31 heavy (non-hydrogen) atoms. The standard InChI is InChI=1S/C24H26N4O3/c1-18-9-10-22(31-2)21(13-18)28(17-29)16-24(30)27-12-6-11-26-14-20(25-23(26)15-27)19-7-4-3-5-8-19/h3-5,7-10,13-14,17H,6,11-12,15-16H2,1-2H3. The van der Waals surface area contributed by atoms with Gasteiger partial charge in [-0.05, 0) is 31.0 Å². The Morgan fingerprint density at radius 1 is 1.19 bits per heavy atom. The number of anilines is 1. The predicted molar refractivity (Wildman–Crippen MR) is 119 cm³/mol. The molecule has 1 aliphatic heterocycles. The van der Waals surface area contributed by atoms with Crippen LogP contribution in [0.4, 0.5) is 5.69 Å². The summed E-state index contributed by atoms with van der Waals surface area (Å²) in [7, 11) is 1.55. The summed E-state index contributed by atoms with van der Waals surface area (Å²) >= 11 is 0. The number of carbonyl (C=O) groups excluding carboxylic acids is 2. The highest BCUT2D eigenvalue weighted by atomic mass is 16.5. The molecular formula is C24H26N4O3. The Bertz CT molecular complexity index is 1080. The van der Waals surface area contributed by atoms with Crippen LogP contribution in [0.1, 0.15) is 17.8 Å². The van der Waals surface area contributed by atoms with Crippen LogP contribution in [-0.4, -0.2) is 47.0 Å². The maximum absolute atomic E-state index is 13.1. The number of imidazole rings is 1. The molecule has 7 nitrogen and oxygen atoms in total. The summed E-state index contributed by atoms with van der Waals surface area (Å²) in [5, 5.41) is 0. The molecule has 160 valence electrons. The van der Waals surface area contributed by atoms with Crippen LogP contribution in [0.5, 0.6) is 5.75 Å². The van der Waals surface area contributed by atoms with Gasteiger partial charge >= 0.3 is 0 Å². The Labute approximate surface area is 181 Å². The number of ether oxygens (including phenoxy) is 1. The highest BCUT2D eigenvalue weighted by Crippen LogP contribution is 2.29. The number of hydrogen-bond donors (Lipinski definition) is 0. The molecule has 4 rings (SSSR count). The molecule has 0 saturated carbocycles. The van der Waals surface area contributed by atoms with Crippen molar-refractivity contribution in [2.45, 2.75) is 26.4 Å². The quantitative estimate of drug-likeness (QED) is 0.577. The van der Waals surface area contributed by atoms with Crippen molar-refractivity contribution >= 4 is 18.0 Å². The Morgan fingerprint density at radius 3 is 2.74 bits per heavy atom. The van der Waals surface area contributed by atoms with Crippen molar-refractivity contribution in [3.63, 3.8) is 0 Å². The van der Waals surface area contributed by atoms with Crippen LogP contribution in [-0.2, 0) is 22.7 Å². The van der Waals surface area contributed by atoms with E-state index in [2.05, 4.69) is 4.57 Å². The topological polar surface area (TPSA) is 67.7 Å². The maximum Gasteiger partial charge on any atom is 0.243 e. The molecule has 0 atom stereocenters. The number of fused-ring (bicyclic) bond motifs is 1. The minimum Gasteiger partial charge on any atom is -0.495 e. The van der Waals surface area contributed by atoms with E-state index in [1.807, 2.05) is 55.6 Å². The average Bonchev–Trinajstić information content (AvgIpc) is 3.09. The van der Waals surface area contributed by atoms with E-state index in [1.165, 1.54) is 4.90 Å². The van der Waals surface area contributed by atoms with Crippen LogP contribution in [0.25, 0.3) is 11.3 Å². The maximum atomic E-state index is 13.1. The van der Waals surface area contributed by atoms with Gasteiger partial charge in [0.25, 0.3) is 0 Å². The van der Waals surface area contributed by atoms with Crippen LogP contribution in [0.15, 0.2) is 54.7 Å². The average molecular weight is 418 g/mol. The lowest BCUT2D eigenvalue weighted by Gasteiger charge is -2.25. The molecule has 2 aromatic carbocycles. The summed E-state index contributed by atoms with van der Waals surface area (Å²) in [5.74, 6) is 1.30. The first kappa shape index (κ1) is 20.7. The summed E-state index contributed by atoms with van der Waals surface area (Å²) in [5.41, 5.74) is 3.54. The summed E-state index contributed by atoms with van der Waals surface area (Å²) in [4.78, 5) is 32.9. The molecule has 1 aromatic heterocycles. The van der Waals surface area contributed by atoms with E-state index >= 15 is 0 Å². The summed E-state index contributed by atoms with van der Waals surface area (Å²) in [6.45, 7) is 3.74. The Kier molecular flexibility index (Phi) is 6.02. The highest BCUT2D eigenvalue weighted by molar-refractivity contribution is 5.90. The minimum absolute atomic E-state index is 0.0461. The number of nitrogens with zero attached hydrogens (tertiary/aromatic N) is 4. The Morgan fingerprint density at radius 2 is 2.00 bits per heavy atom. The second-order valence-corrected chi connectivity index (χ2v) is 7.68. The van der Waals surface area contributed by atoms with Crippen molar-refractivity contribution in [3.8, 4) is 17.0 Å². The Balaban J connectivity index is 1.52. The van der Waals surface area contributed by atoms with Gasteiger partial charge in [-0.15, -0.1) is 0 Å². The van der Waals surface area contributed by atoms with Gasteiger partial charge in [0.05, 0.1) is 25.0 Å². The molecule has 0 bridgehead atoms. The molecule has 0 spiro atoms. The van der Waals surface area contributed by atoms with Crippen LogP contribution >= 0.6 is 0 Å². The first-order valence-electron chi connectivity index (χ1n) is 10.3. The monoisotopic (exact) mass is 418 g/mol. The van der Waals surface area contributed by atoms with Gasteiger partial charge in [0.1, 0.15) is 18.1 Å². The van der Waals surface area contributed by atoms with Crippen molar-refractivity contribution < 1.29 is 14.3 Å². The smallest absolute Gasteiger partial charge is 0.243 e. The van der Waals surface area contributed by atoms with Gasteiger partial charge in [0.15, 0.2) is 0 Å². The van der Waals surface area contributed by atoms with Gasteiger partial charge in [-0.3, -0.25) is 9.59 Å². The van der Waals surface area contributed by atoms with Crippen LogP contribution in [0.3, 0.4) is 0 Å². The summed E-state index contributed by atoms with van der Waals surface area (Å²) in [6.07, 6.45) is 3.56. The first-order chi connectivity index (χ1) is 15.1. The molecule has 2 heterocycles. The van der Waals surface area contributed by atoms with Gasteiger partial charge in [0, 0.05) is 24.8 Å². The van der Waals surface area contributed by atoms with Crippen LogP contribution < -0.4 is 9.64 Å². The van der Waals surface area contributed by atoms with Crippen molar-refractivity contribution in [3.05, 3.63) is 66.1 Å². The third-order valence-electron chi connectivity index (χ3n) is 5.52. The molecule has 0 unspecified atom stereocenters. The number of aryl methyl sites for hydroxylation is 2. The molecule has 0 radical (unpaired) electrons. The fourth-order valence-corrected chi connectivity index (χ4v) is 3.87. The normalized spacial score (nSPS) is 13.3. The predicted octanol–water partition coefficient (Wildman–Crippen LogP) is 3.26. The van der Waals surface area contributed by atoms with Gasteiger partial charge in [-0.25, -0.2) is 4.98 Å². The fourth-order valence-electron chi connectivity index (χ4n) is 3.87. The third-order valence-corrected chi connectivity index (χ3v) is 5.52. The third kappa shape index (κ3) is 4.45. The number of rotatable bonds is 6. The molecular weight excluding hydrogens is 392 g/mol. The number of amides is 2. The summed E-state index contributed by atoms with van der Waals surface area (Å²) < 4.78 is 7.50. The molecule has 0 fully saturated rings. The zero-order valence-corrected chi connectivity index (χ0v) is 17.8. The lowest BCUT2D eigenvalue weighted by atomic mass is 10.2. The molecule has 0 saturated heterocycles. The fraction of sp³-hybridized carbons (Fsp3) is 0.292. The van der Waals surface area contributed by atoms with E-state index in [1.54, 1.807) is 18.1 Å². The van der Waals surface area contributed by atoms with E-state index in [0.29, 0.717) is 30.9 Å². The number of benzene rings is 2. The van der Waals surface area contributed by atoms with Gasteiger partial charge in [-0.2, -0.15) is 0 Å². The van der Waals surface area contributed by atoms with E-state index in [0.717, 1.165) is 35.6 Å². The van der Waals surface area contributed by atoms with Gasteiger partial charge < -0.3 is 19.1 Å². The lowest BCUT2D eigenvalue weighted by Crippen LogP contribution is -2.40. The van der Waals surface area contributed by atoms with Crippen LogP contribution in [0, 0.1) is 6.92 Å². The van der Waals surface area contributed by atoms with Gasteiger partial charge in [-0.1, -0.05) is 36.4 Å². The SMILES string of the molecule is COc1ccc(C)cc1N(C=O)CC(=O)N1CCCn2cc(-c3ccccc3)nc2C1. The second-order valence-electron chi connectivity index (χ2n) is 7.68. The zero-order chi connectivity index (χ0) is 21.8. The van der Waals surface area contributed by atoms with Crippen molar-refractivity contribution in [1.29, 1.82) is 0 Å². The minimum atomic E-state index is -0.117. The molecule has 1 aliphatic rings. The van der Waals surface area contributed by atoms with Crippen molar-refractivity contribution in [1.82, 2.24) is 14.5 Å². The number of carbonyl (C=O) groups is 2. The van der Waals surface area contributed by atoms with Crippen molar-refractivity contribution in [2.24, 2.45) is 0 Å². The van der Waals surface area contributed by atoms with Gasteiger partial charge in [0.2, 0.25) is 12.3 Å². The number of aromatic nitrogens is 2. The number of methoxy groups -OCH3 is 1. The van der Waals surface area contributed by atoms with E-state index in [9.17, 15) is 9.59 Å². The highest BCUT2D eigenvalue weighted by Gasteiger charge is 2.24. The first-order valence-corrected chi connectivity index (χ1v) is 10.3. The molecule has 3 aromatic rings. The molecule has 2 amide bonds. The molecule has 0 N–H and O–H groups in total. The van der Waals surface area contributed by atoms with E-state index in [4.69, 9.17) is 9.72 Å². The van der Waals surface area contributed by atoms with E-state index < -0.39 is 0 Å². The molecule has 0 aliphatic carbocycles. The van der Waals surface area contributed by atoms with E-state index in [-0.39, 0.29) is 12.5 Å². The Hall–Kier alpha value is -3.61. The largest absolute Gasteiger partial charge is 0.495 e. The number of hydrogen-bond acceptors (Lipinski definition) is 4. The van der Waals surface area contributed by atoms with Crippen molar-refractivity contribution in [2.75, 3.05) is 25.1 Å².